The molecule has 1 heterocycles. The summed E-state index contributed by atoms with van der Waals surface area (Å²) in [5.41, 5.74) is 4.40. The van der Waals surface area contributed by atoms with Gasteiger partial charge in [0.1, 0.15) is 11.6 Å². The van der Waals surface area contributed by atoms with E-state index in [4.69, 9.17) is 10.5 Å². The van der Waals surface area contributed by atoms with Crippen molar-refractivity contribution in [3.8, 4) is 5.75 Å². The molecule has 2 aromatic rings. The van der Waals surface area contributed by atoms with Crippen LogP contribution in [0.5, 0.6) is 5.75 Å². The van der Waals surface area contributed by atoms with Crippen molar-refractivity contribution in [2.75, 3.05) is 26.4 Å². The van der Waals surface area contributed by atoms with Gasteiger partial charge in [0.05, 0.1) is 17.4 Å². The van der Waals surface area contributed by atoms with Crippen LogP contribution in [0.25, 0.3) is 16.3 Å². The summed E-state index contributed by atoms with van der Waals surface area (Å²) < 4.78 is 44.8. The van der Waals surface area contributed by atoms with Gasteiger partial charge < -0.3 is 15.4 Å². The van der Waals surface area contributed by atoms with Crippen molar-refractivity contribution in [1.29, 1.82) is 0 Å². The maximum atomic E-state index is 13.0. The van der Waals surface area contributed by atoms with E-state index in [0.717, 1.165) is 13.0 Å². The second kappa shape index (κ2) is 7.31. The van der Waals surface area contributed by atoms with Crippen LogP contribution in [-0.4, -0.2) is 42.8 Å². The van der Waals surface area contributed by atoms with Gasteiger partial charge in [0.25, 0.3) is 0 Å². The molecule has 1 atom stereocenters. The van der Waals surface area contributed by atoms with Gasteiger partial charge in [-0.3, -0.25) is 0 Å². The number of aromatic nitrogens is 1. The molecule has 136 valence electrons. The summed E-state index contributed by atoms with van der Waals surface area (Å²) in [4.78, 5) is 5.88. The smallest absolute Gasteiger partial charge is 0.417 e. The van der Waals surface area contributed by atoms with Crippen LogP contribution < -0.4 is 10.5 Å². The van der Waals surface area contributed by atoms with Crippen molar-refractivity contribution in [1.82, 2.24) is 9.88 Å². The highest BCUT2D eigenvalue weighted by Gasteiger charge is 2.35. The topological polar surface area (TPSA) is 51.4 Å². The Labute approximate surface area is 145 Å². The van der Waals surface area contributed by atoms with Gasteiger partial charge in [-0.25, -0.2) is 4.98 Å². The third-order valence-electron chi connectivity index (χ3n) is 3.77. The molecule has 0 radical (unpaired) electrons. The second-order valence-electron chi connectivity index (χ2n) is 6.28. The van der Waals surface area contributed by atoms with Crippen LogP contribution in [0.15, 0.2) is 30.8 Å². The summed E-state index contributed by atoms with van der Waals surface area (Å²) in [6, 6.07) is 6.40. The Hall–Kier alpha value is -2.28. The summed E-state index contributed by atoms with van der Waals surface area (Å²) in [5, 5.41) is 0.870. The number of hydrogen-bond donors (Lipinski definition) is 1. The van der Waals surface area contributed by atoms with Crippen molar-refractivity contribution >= 4 is 22.2 Å². The summed E-state index contributed by atoms with van der Waals surface area (Å²) >= 11 is 0. The Morgan fingerprint density at radius 2 is 2.00 bits per heavy atom. The zero-order valence-electron chi connectivity index (χ0n) is 14.5. The number of pyridine rings is 1. The van der Waals surface area contributed by atoms with E-state index in [0.29, 0.717) is 16.5 Å². The van der Waals surface area contributed by atoms with E-state index in [1.54, 1.807) is 18.2 Å². The number of allylic oxidation sites excluding steroid dienone is 1. The first-order valence-electron chi connectivity index (χ1n) is 7.86. The fraction of sp³-hybridized carbons (Fsp3) is 0.389. The number of ether oxygens (including phenoxy) is 1. The predicted molar refractivity (Wildman–Crippen MR) is 94.5 cm³/mol. The molecule has 1 unspecified atom stereocenters. The molecule has 0 bridgehead atoms. The molecule has 0 saturated heterocycles. The van der Waals surface area contributed by atoms with Crippen molar-refractivity contribution in [2.24, 2.45) is 0 Å². The molecule has 0 saturated carbocycles. The van der Waals surface area contributed by atoms with Crippen LogP contribution in [0.3, 0.4) is 0 Å². The third-order valence-corrected chi connectivity index (χ3v) is 3.77. The number of nitrogens with zero attached hydrogens (tertiary/aromatic N) is 2. The number of hydrogen-bond acceptors (Lipinski definition) is 4. The minimum atomic E-state index is -4.57. The molecule has 1 aromatic heterocycles. The number of anilines is 1. The quantitative estimate of drug-likeness (QED) is 0.849. The molecule has 0 aliphatic heterocycles. The van der Waals surface area contributed by atoms with Gasteiger partial charge in [0.15, 0.2) is 0 Å². The van der Waals surface area contributed by atoms with Gasteiger partial charge in [0.2, 0.25) is 0 Å². The van der Waals surface area contributed by atoms with Gasteiger partial charge in [-0.2, -0.15) is 13.2 Å². The lowest BCUT2D eigenvalue weighted by atomic mass is 10.0. The molecule has 0 fully saturated rings. The molecule has 0 amide bonds. The van der Waals surface area contributed by atoms with Crippen LogP contribution in [-0.2, 0) is 0 Å². The highest BCUT2D eigenvalue weighted by Crippen LogP contribution is 2.36. The lowest BCUT2D eigenvalue weighted by Gasteiger charge is -2.18. The highest BCUT2D eigenvalue weighted by molar-refractivity contribution is 5.94. The van der Waals surface area contributed by atoms with E-state index in [2.05, 4.69) is 16.5 Å². The maximum absolute atomic E-state index is 13.0. The number of alkyl halides is 3. The Morgan fingerprint density at radius 1 is 1.32 bits per heavy atom. The molecule has 2 rings (SSSR count). The van der Waals surface area contributed by atoms with Crippen molar-refractivity contribution in [3.63, 3.8) is 0 Å². The average molecular weight is 353 g/mol. The number of halogens is 3. The molecule has 0 aliphatic carbocycles. The van der Waals surface area contributed by atoms with Crippen molar-refractivity contribution in [3.05, 3.63) is 36.5 Å². The SMILES string of the molecule is C=C(c1nc(N)cc2cc(OC(C)CCN(C)C)ccc12)C(F)(F)F. The minimum Gasteiger partial charge on any atom is -0.491 e. The third kappa shape index (κ3) is 4.85. The van der Waals surface area contributed by atoms with E-state index in [1.807, 2.05) is 21.0 Å². The number of fused-ring (bicyclic) bond motifs is 1. The highest BCUT2D eigenvalue weighted by atomic mass is 19.4. The summed E-state index contributed by atoms with van der Waals surface area (Å²) in [6.45, 7) is 5.95. The van der Waals surface area contributed by atoms with Crippen LogP contribution in [0.2, 0.25) is 0 Å². The van der Waals surface area contributed by atoms with Crippen LogP contribution >= 0.6 is 0 Å². The van der Waals surface area contributed by atoms with Crippen LogP contribution in [0.1, 0.15) is 19.0 Å². The summed E-state index contributed by atoms with van der Waals surface area (Å²) in [6.07, 6.45) is -3.76. The Kier molecular flexibility index (Phi) is 5.57. The predicted octanol–water partition coefficient (Wildman–Crippen LogP) is 4.11. The van der Waals surface area contributed by atoms with Crippen molar-refractivity contribution < 1.29 is 17.9 Å². The monoisotopic (exact) mass is 353 g/mol. The number of nitrogens with two attached hydrogens (primary N) is 1. The minimum absolute atomic E-state index is 0.00528. The lowest BCUT2D eigenvalue weighted by Crippen LogP contribution is -2.21. The fourth-order valence-electron chi connectivity index (χ4n) is 2.43. The molecule has 4 nitrogen and oxygen atoms in total. The number of nitrogen functional groups attached to an aromatic ring is 1. The second-order valence-corrected chi connectivity index (χ2v) is 6.28. The molecule has 7 heteroatoms. The molecular formula is C18H22F3N3O. The Morgan fingerprint density at radius 3 is 2.60 bits per heavy atom. The van der Waals surface area contributed by atoms with Gasteiger partial charge in [0, 0.05) is 11.9 Å². The fourth-order valence-corrected chi connectivity index (χ4v) is 2.43. The first-order valence-corrected chi connectivity index (χ1v) is 7.86. The zero-order valence-corrected chi connectivity index (χ0v) is 14.5. The van der Waals surface area contributed by atoms with E-state index >= 15 is 0 Å². The van der Waals surface area contributed by atoms with Gasteiger partial charge >= 0.3 is 6.18 Å². The summed E-state index contributed by atoms with van der Waals surface area (Å²) in [5.74, 6) is 0.582. The zero-order chi connectivity index (χ0) is 18.8. The van der Waals surface area contributed by atoms with Crippen molar-refractivity contribution in [2.45, 2.75) is 25.6 Å². The molecule has 1 aromatic carbocycles. The molecule has 25 heavy (non-hydrogen) atoms. The van der Waals surface area contributed by atoms with Gasteiger partial charge in [-0.15, -0.1) is 0 Å². The Bertz CT molecular complexity index is 772. The van der Waals surface area contributed by atoms with Gasteiger partial charge in [-0.1, -0.05) is 6.58 Å². The standard InChI is InChI=1S/C18H22F3N3O/c1-11(7-8-24(3)4)25-14-5-6-15-13(9-14)10-16(22)23-17(15)12(2)18(19,20)21/h5-6,9-11H,2,7-8H2,1,3-4H3,(H2,22,23). The van der Waals surface area contributed by atoms with E-state index in [-0.39, 0.29) is 17.6 Å². The molecule has 0 aliphatic rings. The normalized spacial score (nSPS) is 13.2. The molecule has 0 spiro atoms. The van der Waals surface area contributed by atoms with Crippen LogP contribution in [0.4, 0.5) is 19.0 Å². The van der Waals surface area contributed by atoms with Gasteiger partial charge in [-0.05, 0) is 57.1 Å². The average Bonchev–Trinajstić information content (AvgIpc) is 2.50. The number of rotatable bonds is 6. The largest absolute Gasteiger partial charge is 0.491 e. The van der Waals surface area contributed by atoms with E-state index in [1.165, 1.54) is 6.07 Å². The van der Waals surface area contributed by atoms with Crippen LogP contribution in [0, 0.1) is 0 Å². The lowest BCUT2D eigenvalue weighted by molar-refractivity contribution is -0.0687. The Balaban J connectivity index is 2.33. The number of benzene rings is 1. The first-order chi connectivity index (χ1) is 11.6. The first kappa shape index (κ1) is 19.1. The molecule has 2 N–H and O–H groups in total. The van der Waals surface area contributed by atoms with E-state index < -0.39 is 11.7 Å². The molecular weight excluding hydrogens is 331 g/mol. The van der Waals surface area contributed by atoms with E-state index in [9.17, 15) is 13.2 Å². The summed E-state index contributed by atoms with van der Waals surface area (Å²) in [7, 11) is 3.96. The maximum Gasteiger partial charge on any atom is 0.417 e.